The van der Waals surface area contributed by atoms with Gasteiger partial charge in [0, 0.05) is 31.6 Å². The lowest BCUT2D eigenvalue weighted by Crippen LogP contribution is -2.50. The summed E-state index contributed by atoms with van der Waals surface area (Å²) < 4.78 is 18.8. The number of amides is 1. The second-order valence-electron chi connectivity index (χ2n) is 7.86. The number of hydrogen-bond donors (Lipinski definition) is 2. The Balaban J connectivity index is 0.00000480. The highest BCUT2D eigenvalue weighted by molar-refractivity contribution is 14.0. The van der Waals surface area contributed by atoms with Crippen molar-refractivity contribution in [3.8, 4) is 5.75 Å². The highest BCUT2D eigenvalue weighted by atomic mass is 127. The number of nitrogens with one attached hydrogen (secondary N) is 2. The summed E-state index contributed by atoms with van der Waals surface area (Å²) in [5.41, 5.74) is 0. The first kappa shape index (κ1) is 27.5. The van der Waals surface area contributed by atoms with Gasteiger partial charge in [-0.1, -0.05) is 13.8 Å². The first-order chi connectivity index (χ1) is 14.5. The molecule has 31 heavy (non-hydrogen) atoms. The van der Waals surface area contributed by atoms with Crippen molar-refractivity contribution in [1.82, 2.24) is 15.5 Å². The summed E-state index contributed by atoms with van der Waals surface area (Å²) in [5, 5.41) is 6.78. The molecule has 0 radical (unpaired) electrons. The van der Waals surface area contributed by atoms with Gasteiger partial charge in [0.15, 0.2) is 5.96 Å². The van der Waals surface area contributed by atoms with E-state index in [4.69, 9.17) is 4.74 Å². The van der Waals surface area contributed by atoms with Gasteiger partial charge in [-0.2, -0.15) is 0 Å². The second-order valence-corrected chi connectivity index (χ2v) is 7.86. The topological polar surface area (TPSA) is 66.0 Å². The number of likely N-dealkylation sites (tertiary alicyclic amines) is 1. The van der Waals surface area contributed by atoms with Crippen LogP contribution in [-0.2, 0) is 4.79 Å². The Hall–Kier alpha value is -1.58. The van der Waals surface area contributed by atoms with Crippen molar-refractivity contribution in [2.75, 3.05) is 26.2 Å². The van der Waals surface area contributed by atoms with Crippen LogP contribution < -0.4 is 15.4 Å². The van der Waals surface area contributed by atoms with Gasteiger partial charge < -0.3 is 20.3 Å². The van der Waals surface area contributed by atoms with E-state index in [1.54, 1.807) is 12.1 Å². The molecule has 1 saturated heterocycles. The molecule has 0 spiro atoms. The molecule has 2 rings (SSSR count). The largest absolute Gasteiger partial charge is 0.489 e. The van der Waals surface area contributed by atoms with E-state index in [1.165, 1.54) is 12.1 Å². The van der Waals surface area contributed by atoms with Crippen LogP contribution in [0.1, 0.15) is 53.4 Å². The lowest BCUT2D eigenvalue weighted by molar-refractivity contribution is -0.136. The van der Waals surface area contributed by atoms with Gasteiger partial charge in [-0.15, -0.1) is 24.0 Å². The van der Waals surface area contributed by atoms with E-state index in [1.807, 2.05) is 18.7 Å². The maximum atomic E-state index is 13.0. The molecule has 8 heteroatoms. The zero-order valence-electron chi connectivity index (χ0n) is 19.2. The SMILES string of the molecule is CCNC(=NCC(C)Oc1ccc(F)cc1)NC1CCN(C(=O)C(CC)CC)CC1.I. The van der Waals surface area contributed by atoms with Crippen molar-refractivity contribution in [2.24, 2.45) is 10.9 Å². The molecule has 1 unspecified atom stereocenters. The molecule has 0 aliphatic carbocycles. The zero-order chi connectivity index (χ0) is 21.9. The molecule has 1 atom stereocenters. The van der Waals surface area contributed by atoms with E-state index in [-0.39, 0.29) is 41.8 Å². The van der Waals surface area contributed by atoms with Crippen LogP contribution in [0.4, 0.5) is 4.39 Å². The van der Waals surface area contributed by atoms with Crippen LogP contribution in [0.5, 0.6) is 5.75 Å². The highest BCUT2D eigenvalue weighted by Crippen LogP contribution is 2.17. The molecule has 0 aromatic heterocycles. The summed E-state index contributed by atoms with van der Waals surface area (Å²) in [6, 6.07) is 6.31. The molecule has 1 aliphatic rings. The van der Waals surface area contributed by atoms with Gasteiger partial charge in [-0.25, -0.2) is 9.38 Å². The average molecular weight is 548 g/mol. The molecule has 0 bridgehead atoms. The number of carbonyl (C=O) groups excluding carboxylic acids is 1. The third-order valence-electron chi connectivity index (χ3n) is 5.48. The second kappa shape index (κ2) is 14.5. The lowest BCUT2D eigenvalue weighted by Gasteiger charge is -2.35. The van der Waals surface area contributed by atoms with Gasteiger partial charge in [-0.3, -0.25) is 4.79 Å². The van der Waals surface area contributed by atoms with Gasteiger partial charge in [0.25, 0.3) is 0 Å². The number of ether oxygens (including phenoxy) is 1. The van der Waals surface area contributed by atoms with E-state index in [9.17, 15) is 9.18 Å². The van der Waals surface area contributed by atoms with Gasteiger partial charge in [-0.05, 0) is 63.8 Å². The molecular weight excluding hydrogens is 510 g/mol. The monoisotopic (exact) mass is 548 g/mol. The minimum absolute atomic E-state index is 0. The van der Waals surface area contributed by atoms with Crippen molar-refractivity contribution in [2.45, 2.75) is 65.5 Å². The average Bonchev–Trinajstić information content (AvgIpc) is 2.75. The van der Waals surface area contributed by atoms with Gasteiger partial charge in [0.2, 0.25) is 5.91 Å². The summed E-state index contributed by atoms with van der Waals surface area (Å²) in [6.45, 7) is 11.0. The number of guanidine groups is 1. The Morgan fingerprint density at radius 1 is 1.19 bits per heavy atom. The van der Waals surface area contributed by atoms with E-state index in [0.717, 1.165) is 51.3 Å². The Morgan fingerprint density at radius 2 is 1.81 bits per heavy atom. The Kier molecular flexibility index (Phi) is 12.8. The summed E-state index contributed by atoms with van der Waals surface area (Å²) in [4.78, 5) is 19.2. The summed E-state index contributed by atoms with van der Waals surface area (Å²) in [5.74, 6) is 1.56. The molecule has 1 aromatic carbocycles. The summed E-state index contributed by atoms with van der Waals surface area (Å²) >= 11 is 0. The number of halogens is 2. The maximum Gasteiger partial charge on any atom is 0.225 e. The molecule has 1 amide bonds. The number of rotatable bonds is 9. The highest BCUT2D eigenvalue weighted by Gasteiger charge is 2.26. The number of aliphatic imine (C=N–C) groups is 1. The van der Waals surface area contributed by atoms with Crippen LogP contribution in [0.25, 0.3) is 0 Å². The van der Waals surface area contributed by atoms with Crippen LogP contribution in [-0.4, -0.2) is 55.1 Å². The first-order valence-corrected chi connectivity index (χ1v) is 11.2. The van der Waals surface area contributed by atoms with Crippen molar-refractivity contribution in [3.63, 3.8) is 0 Å². The molecule has 1 aromatic rings. The third kappa shape index (κ3) is 9.21. The number of carbonyl (C=O) groups is 1. The molecule has 0 saturated carbocycles. The van der Waals surface area contributed by atoms with Gasteiger partial charge >= 0.3 is 0 Å². The van der Waals surface area contributed by atoms with Gasteiger partial charge in [0.1, 0.15) is 17.7 Å². The fraction of sp³-hybridized carbons (Fsp3) is 0.652. The van der Waals surface area contributed by atoms with Crippen molar-refractivity contribution in [1.29, 1.82) is 0 Å². The third-order valence-corrected chi connectivity index (χ3v) is 5.48. The van der Waals surface area contributed by atoms with Crippen LogP contribution in [0, 0.1) is 11.7 Å². The predicted molar refractivity (Wildman–Crippen MR) is 135 cm³/mol. The molecule has 6 nitrogen and oxygen atoms in total. The van der Waals surface area contributed by atoms with Crippen LogP contribution in [0.2, 0.25) is 0 Å². The Bertz CT molecular complexity index is 675. The smallest absolute Gasteiger partial charge is 0.225 e. The minimum atomic E-state index is -0.278. The fourth-order valence-corrected chi connectivity index (χ4v) is 3.66. The zero-order valence-corrected chi connectivity index (χ0v) is 21.5. The summed E-state index contributed by atoms with van der Waals surface area (Å²) in [6.07, 6.45) is 3.51. The molecule has 176 valence electrons. The lowest BCUT2D eigenvalue weighted by atomic mass is 9.98. The Labute approximate surface area is 203 Å². The molecular formula is C23H38FIN4O2. The molecule has 1 fully saturated rings. The molecule has 1 aliphatic heterocycles. The van der Waals surface area contributed by atoms with E-state index in [2.05, 4.69) is 29.5 Å². The first-order valence-electron chi connectivity index (χ1n) is 11.2. The van der Waals surface area contributed by atoms with Gasteiger partial charge in [0.05, 0.1) is 6.54 Å². The predicted octanol–water partition coefficient (Wildman–Crippen LogP) is 4.19. The van der Waals surface area contributed by atoms with Crippen LogP contribution >= 0.6 is 24.0 Å². The molecule has 2 N–H and O–H groups in total. The molecule has 1 heterocycles. The minimum Gasteiger partial charge on any atom is -0.489 e. The van der Waals surface area contributed by atoms with Crippen molar-refractivity contribution in [3.05, 3.63) is 30.1 Å². The standard InChI is InChI=1S/C23H37FN4O2.HI/c1-5-18(6-2)22(29)28-14-12-20(13-15-28)27-23(25-7-3)26-16-17(4)30-21-10-8-19(24)9-11-21;/h8-11,17-18,20H,5-7,12-16H2,1-4H3,(H2,25,26,27);1H. The van der Waals surface area contributed by atoms with E-state index in [0.29, 0.717) is 24.2 Å². The van der Waals surface area contributed by atoms with Crippen molar-refractivity contribution < 1.29 is 13.9 Å². The number of benzene rings is 1. The maximum absolute atomic E-state index is 13.0. The van der Waals surface area contributed by atoms with E-state index < -0.39 is 0 Å². The van der Waals surface area contributed by atoms with Crippen LogP contribution in [0.3, 0.4) is 0 Å². The van der Waals surface area contributed by atoms with Crippen molar-refractivity contribution >= 4 is 35.8 Å². The normalized spacial score (nSPS) is 15.9. The Morgan fingerprint density at radius 3 is 2.35 bits per heavy atom. The fourth-order valence-electron chi connectivity index (χ4n) is 3.66. The quantitative estimate of drug-likeness (QED) is 0.276. The number of hydrogen-bond acceptors (Lipinski definition) is 3. The van der Waals surface area contributed by atoms with Crippen LogP contribution in [0.15, 0.2) is 29.3 Å². The van der Waals surface area contributed by atoms with E-state index >= 15 is 0 Å². The number of nitrogens with zero attached hydrogens (tertiary/aromatic N) is 2. The summed E-state index contributed by atoms with van der Waals surface area (Å²) in [7, 11) is 0. The number of piperidine rings is 1.